The minimum atomic E-state index is 0.0820. The van der Waals surface area contributed by atoms with Crippen LogP contribution >= 0.6 is 0 Å². The van der Waals surface area contributed by atoms with Crippen molar-refractivity contribution in [1.29, 1.82) is 0 Å². The maximum Gasteiger partial charge on any atom is 0.275 e. The molecule has 1 amide bonds. The number of hydrogen-bond donors (Lipinski definition) is 2. The second-order valence-corrected chi connectivity index (χ2v) is 6.71. The predicted molar refractivity (Wildman–Crippen MR) is 106 cm³/mol. The van der Waals surface area contributed by atoms with Crippen molar-refractivity contribution in [2.24, 2.45) is 0 Å². The number of benzene rings is 2. The molecule has 2 N–H and O–H groups in total. The Morgan fingerprint density at radius 2 is 1.85 bits per heavy atom. The lowest BCUT2D eigenvalue weighted by Crippen LogP contribution is -3.15. The topological polar surface area (TPSA) is 55.2 Å². The van der Waals surface area contributed by atoms with E-state index in [0.717, 1.165) is 48.9 Å². The van der Waals surface area contributed by atoms with Crippen LogP contribution in [0.5, 0.6) is 11.5 Å². The molecule has 6 heteroatoms. The molecule has 0 bridgehead atoms. The lowest BCUT2D eigenvalue weighted by molar-refractivity contribution is -0.892. The minimum Gasteiger partial charge on any atom is -0.497 e. The van der Waals surface area contributed by atoms with Gasteiger partial charge in [0.05, 0.1) is 46.1 Å². The highest BCUT2D eigenvalue weighted by Gasteiger charge is 2.23. The third-order valence-electron chi connectivity index (χ3n) is 4.93. The van der Waals surface area contributed by atoms with E-state index in [1.54, 1.807) is 14.2 Å². The molecule has 1 heterocycles. The number of hydrogen-bond acceptors (Lipinski definition) is 4. The summed E-state index contributed by atoms with van der Waals surface area (Å²) in [5.74, 6) is 1.79. The van der Waals surface area contributed by atoms with Gasteiger partial charge in [0.1, 0.15) is 11.5 Å². The Morgan fingerprint density at radius 1 is 1.07 bits per heavy atom. The zero-order valence-electron chi connectivity index (χ0n) is 16.0. The highest BCUT2D eigenvalue weighted by Crippen LogP contribution is 2.27. The molecule has 0 atom stereocenters. The Kier molecular flexibility index (Phi) is 6.54. The van der Waals surface area contributed by atoms with Crippen molar-refractivity contribution in [3.63, 3.8) is 0 Å². The van der Waals surface area contributed by atoms with E-state index in [-0.39, 0.29) is 5.91 Å². The Bertz CT molecular complexity index is 758. The number of amides is 1. The van der Waals surface area contributed by atoms with Gasteiger partial charge in [-0.3, -0.25) is 4.79 Å². The summed E-state index contributed by atoms with van der Waals surface area (Å²) in [5, 5.41) is 3.01. The molecular weight excluding hydrogens is 342 g/mol. The molecule has 0 saturated carbocycles. The quantitative estimate of drug-likeness (QED) is 0.754. The van der Waals surface area contributed by atoms with Gasteiger partial charge >= 0.3 is 0 Å². The van der Waals surface area contributed by atoms with Crippen LogP contribution in [0.25, 0.3) is 0 Å². The zero-order chi connectivity index (χ0) is 19.1. The van der Waals surface area contributed by atoms with Crippen molar-refractivity contribution < 1.29 is 19.2 Å². The number of carbonyl (C=O) groups excluding carboxylic acids is 1. The number of ether oxygens (including phenoxy) is 2. The van der Waals surface area contributed by atoms with Crippen LogP contribution in [0.4, 0.5) is 5.69 Å². The minimum absolute atomic E-state index is 0.0820. The van der Waals surface area contributed by atoms with Crippen molar-refractivity contribution in [3.8, 4) is 11.5 Å². The lowest BCUT2D eigenvalue weighted by atomic mass is 10.2. The average Bonchev–Trinajstić information content (AvgIpc) is 2.73. The SMILES string of the molecule is COc1cccc(CNC(=O)C[NH+]2CCN(c3ccccc3OC)CC2)c1. The van der Waals surface area contributed by atoms with E-state index in [9.17, 15) is 4.79 Å². The maximum atomic E-state index is 12.3. The monoisotopic (exact) mass is 370 g/mol. The van der Waals surface area contributed by atoms with Crippen LogP contribution in [0, 0.1) is 0 Å². The number of anilines is 1. The number of nitrogens with zero attached hydrogens (tertiary/aromatic N) is 1. The zero-order valence-corrected chi connectivity index (χ0v) is 16.0. The summed E-state index contributed by atoms with van der Waals surface area (Å²) in [4.78, 5) is 15.9. The Balaban J connectivity index is 1.45. The molecule has 2 aromatic rings. The highest BCUT2D eigenvalue weighted by molar-refractivity contribution is 5.76. The smallest absolute Gasteiger partial charge is 0.275 e. The number of carbonyl (C=O) groups is 1. The molecule has 0 spiro atoms. The lowest BCUT2D eigenvalue weighted by Gasteiger charge is -2.34. The first kappa shape index (κ1) is 19.0. The molecule has 1 aliphatic rings. The van der Waals surface area contributed by atoms with Gasteiger partial charge in [0, 0.05) is 6.54 Å². The van der Waals surface area contributed by atoms with E-state index in [1.165, 1.54) is 4.90 Å². The summed E-state index contributed by atoms with van der Waals surface area (Å²) in [6.45, 7) is 4.73. The third kappa shape index (κ3) is 5.14. The summed E-state index contributed by atoms with van der Waals surface area (Å²) in [6, 6.07) is 15.9. The van der Waals surface area contributed by atoms with Crippen molar-refractivity contribution in [2.45, 2.75) is 6.54 Å². The molecular formula is C21H28N3O3+. The predicted octanol–water partition coefficient (Wildman–Crippen LogP) is 0.725. The molecule has 6 nitrogen and oxygen atoms in total. The van der Waals surface area contributed by atoms with Gasteiger partial charge in [-0.2, -0.15) is 0 Å². The third-order valence-corrected chi connectivity index (χ3v) is 4.93. The molecule has 0 unspecified atom stereocenters. The fourth-order valence-corrected chi connectivity index (χ4v) is 3.40. The molecule has 0 radical (unpaired) electrons. The molecule has 1 aliphatic heterocycles. The van der Waals surface area contributed by atoms with Crippen LogP contribution in [-0.2, 0) is 11.3 Å². The van der Waals surface area contributed by atoms with Crippen LogP contribution in [0.2, 0.25) is 0 Å². The van der Waals surface area contributed by atoms with E-state index in [2.05, 4.69) is 16.3 Å². The van der Waals surface area contributed by atoms with E-state index < -0.39 is 0 Å². The Hall–Kier alpha value is -2.73. The summed E-state index contributed by atoms with van der Waals surface area (Å²) in [6.07, 6.45) is 0. The summed E-state index contributed by atoms with van der Waals surface area (Å²) in [7, 11) is 3.35. The van der Waals surface area contributed by atoms with E-state index in [1.807, 2.05) is 42.5 Å². The average molecular weight is 370 g/mol. The number of quaternary nitrogens is 1. The molecule has 3 rings (SSSR count). The van der Waals surface area contributed by atoms with Gasteiger partial charge in [0.15, 0.2) is 6.54 Å². The van der Waals surface area contributed by atoms with Gasteiger partial charge < -0.3 is 24.6 Å². The number of methoxy groups -OCH3 is 2. The maximum absolute atomic E-state index is 12.3. The number of para-hydroxylation sites is 2. The summed E-state index contributed by atoms with van der Waals surface area (Å²) < 4.78 is 10.7. The van der Waals surface area contributed by atoms with Crippen molar-refractivity contribution in [1.82, 2.24) is 5.32 Å². The summed E-state index contributed by atoms with van der Waals surface area (Å²) in [5.41, 5.74) is 2.17. The molecule has 1 saturated heterocycles. The first-order chi connectivity index (χ1) is 13.2. The first-order valence-corrected chi connectivity index (χ1v) is 9.30. The molecule has 0 aliphatic carbocycles. The number of nitrogens with one attached hydrogen (secondary N) is 2. The molecule has 2 aromatic carbocycles. The molecule has 27 heavy (non-hydrogen) atoms. The van der Waals surface area contributed by atoms with Crippen molar-refractivity contribution >= 4 is 11.6 Å². The Morgan fingerprint density at radius 3 is 2.59 bits per heavy atom. The van der Waals surface area contributed by atoms with Crippen LogP contribution in [0.15, 0.2) is 48.5 Å². The standard InChI is InChI=1S/C21H27N3O3/c1-26-18-7-5-6-17(14-18)15-22-21(25)16-23-10-12-24(13-11-23)19-8-3-4-9-20(19)27-2/h3-9,14H,10-13,15-16H2,1-2H3,(H,22,25)/p+1. The number of rotatable bonds is 7. The van der Waals surface area contributed by atoms with Crippen molar-refractivity contribution in [3.05, 3.63) is 54.1 Å². The second kappa shape index (κ2) is 9.28. The first-order valence-electron chi connectivity index (χ1n) is 9.30. The van der Waals surface area contributed by atoms with Gasteiger partial charge in [-0.05, 0) is 29.8 Å². The van der Waals surface area contributed by atoms with Gasteiger partial charge in [-0.15, -0.1) is 0 Å². The largest absolute Gasteiger partial charge is 0.497 e. The number of piperazine rings is 1. The van der Waals surface area contributed by atoms with Crippen molar-refractivity contribution in [2.75, 3.05) is 51.8 Å². The Labute approximate surface area is 160 Å². The van der Waals surface area contributed by atoms with Gasteiger partial charge in [-0.1, -0.05) is 24.3 Å². The van der Waals surface area contributed by atoms with E-state index in [4.69, 9.17) is 9.47 Å². The molecule has 1 fully saturated rings. The molecule has 144 valence electrons. The highest BCUT2D eigenvalue weighted by atomic mass is 16.5. The normalized spacial score (nSPS) is 14.7. The van der Waals surface area contributed by atoms with Gasteiger partial charge in [0.25, 0.3) is 5.91 Å². The summed E-state index contributed by atoms with van der Waals surface area (Å²) >= 11 is 0. The fraction of sp³-hybridized carbons (Fsp3) is 0.381. The van der Waals surface area contributed by atoms with Crippen LogP contribution in [-0.4, -0.2) is 52.9 Å². The van der Waals surface area contributed by atoms with E-state index >= 15 is 0 Å². The van der Waals surface area contributed by atoms with Gasteiger partial charge in [-0.25, -0.2) is 0 Å². The van der Waals surface area contributed by atoms with Gasteiger partial charge in [0.2, 0.25) is 0 Å². The van der Waals surface area contributed by atoms with E-state index in [0.29, 0.717) is 13.1 Å². The fourth-order valence-electron chi connectivity index (χ4n) is 3.40. The van der Waals surface area contributed by atoms with Crippen LogP contribution in [0.1, 0.15) is 5.56 Å². The molecule has 0 aromatic heterocycles. The van der Waals surface area contributed by atoms with Crippen LogP contribution < -0.4 is 24.6 Å². The van der Waals surface area contributed by atoms with Crippen LogP contribution in [0.3, 0.4) is 0 Å². The second-order valence-electron chi connectivity index (χ2n) is 6.71.